The minimum Gasteiger partial charge on any atom is -0.495 e. The summed E-state index contributed by atoms with van der Waals surface area (Å²) in [4.78, 5) is 22.1. The van der Waals surface area contributed by atoms with Crippen molar-refractivity contribution in [3.05, 3.63) is 57.1 Å². The van der Waals surface area contributed by atoms with Gasteiger partial charge in [0.25, 0.3) is 11.6 Å². The summed E-state index contributed by atoms with van der Waals surface area (Å²) in [7, 11) is 1.96. The van der Waals surface area contributed by atoms with Crippen molar-refractivity contribution in [1.82, 2.24) is 0 Å². The van der Waals surface area contributed by atoms with Crippen LogP contribution in [0.4, 0.5) is 28.9 Å². The van der Waals surface area contributed by atoms with Crippen LogP contribution < -0.4 is 14.8 Å². The van der Waals surface area contributed by atoms with Gasteiger partial charge in [-0.15, -0.1) is 0 Å². The maximum Gasteiger partial charge on any atom is 0.271 e. The molecule has 7 nitrogen and oxygen atoms in total. The molecular formula is C15H10F4N2O5. The van der Waals surface area contributed by atoms with Crippen LogP contribution in [0.25, 0.3) is 0 Å². The number of methoxy groups -OCH3 is 2. The zero-order chi connectivity index (χ0) is 19.6. The van der Waals surface area contributed by atoms with E-state index in [1.165, 1.54) is 7.11 Å². The first-order valence-electron chi connectivity index (χ1n) is 6.76. The Balaban J connectivity index is 2.52. The Morgan fingerprint density at radius 2 is 1.62 bits per heavy atom. The largest absolute Gasteiger partial charge is 0.495 e. The molecule has 0 spiro atoms. The molecular weight excluding hydrogens is 364 g/mol. The summed E-state index contributed by atoms with van der Waals surface area (Å²) < 4.78 is 64.5. The third-order valence-corrected chi connectivity index (χ3v) is 3.30. The van der Waals surface area contributed by atoms with Crippen molar-refractivity contribution in [2.24, 2.45) is 0 Å². The lowest BCUT2D eigenvalue weighted by Gasteiger charge is -2.13. The van der Waals surface area contributed by atoms with Gasteiger partial charge in [-0.25, -0.2) is 8.78 Å². The van der Waals surface area contributed by atoms with Crippen LogP contribution in [0.1, 0.15) is 10.4 Å². The summed E-state index contributed by atoms with van der Waals surface area (Å²) in [6.07, 6.45) is 0. The Hall–Kier alpha value is -3.37. The van der Waals surface area contributed by atoms with Gasteiger partial charge in [-0.1, -0.05) is 0 Å². The molecule has 0 saturated carbocycles. The number of nitro groups is 1. The summed E-state index contributed by atoms with van der Waals surface area (Å²) in [6, 6.07) is 3.03. The van der Waals surface area contributed by atoms with Gasteiger partial charge in [-0.3, -0.25) is 14.9 Å². The van der Waals surface area contributed by atoms with E-state index in [0.29, 0.717) is 0 Å². The number of non-ortho nitro benzene ring substituents is 1. The number of ether oxygens (including phenoxy) is 2. The molecule has 0 aliphatic heterocycles. The fourth-order valence-corrected chi connectivity index (χ4v) is 2.08. The van der Waals surface area contributed by atoms with Gasteiger partial charge in [0.1, 0.15) is 11.3 Å². The van der Waals surface area contributed by atoms with Gasteiger partial charge >= 0.3 is 0 Å². The van der Waals surface area contributed by atoms with Crippen LogP contribution in [-0.2, 0) is 0 Å². The van der Waals surface area contributed by atoms with Crippen molar-refractivity contribution < 1.29 is 36.8 Å². The molecule has 26 heavy (non-hydrogen) atoms. The number of benzene rings is 2. The lowest BCUT2D eigenvalue weighted by Crippen LogP contribution is -2.19. The van der Waals surface area contributed by atoms with Crippen LogP contribution in [0.15, 0.2) is 18.2 Å². The van der Waals surface area contributed by atoms with E-state index in [9.17, 15) is 32.5 Å². The van der Waals surface area contributed by atoms with Crippen molar-refractivity contribution in [3.8, 4) is 11.5 Å². The Kier molecular flexibility index (Phi) is 5.29. The van der Waals surface area contributed by atoms with E-state index in [0.717, 1.165) is 25.3 Å². The second-order valence-electron chi connectivity index (χ2n) is 4.76. The highest BCUT2D eigenvalue weighted by Gasteiger charge is 2.30. The molecule has 0 fully saturated rings. The number of nitrogens with one attached hydrogen (secondary N) is 1. The molecule has 0 radical (unpaired) electrons. The van der Waals surface area contributed by atoms with E-state index in [2.05, 4.69) is 4.74 Å². The monoisotopic (exact) mass is 374 g/mol. The fraction of sp³-hybridized carbons (Fsp3) is 0.133. The molecule has 1 N–H and O–H groups in total. The standard InChI is InChI=1S/C15H10F4N2O5/c1-25-8-4-3-6(21(23)24)5-7(8)20-15(22)9-10(16)12(18)14(26-2)13(19)11(9)17/h3-5H,1-2H3,(H,20,22). The average Bonchev–Trinajstić information content (AvgIpc) is 2.60. The van der Waals surface area contributed by atoms with Gasteiger partial charge in [-0.05, 0) is 6.07 Å². The number of anilines is 1. The number of carbonyl (C=O) groups excluding carboxylic acids is 1. The summed E-state index contributed by atoms with van der Waals surface area (Å²) in [6.45, 7) is 0. The highest BCUT2D eigenvalue weighted by atomic mass is 19.2. The van der Waals surface area contributed by atoms with Gasteiger partial charge in [0.05, 0.1) is 24.8 Å². The molecule has 138 valence electrons. The molecule has 2 aromatic carbocycles. The van der Waals surface area contributed by atoms with Gasteiger partial charge < -0.3 is 14.8 Å². The third kappa shape index (κ3) is 3.23. The summed E-state index contributed by atoms with van der Waals surface area (Å²) >= 11 is 0. The molecule has 0 bridgehead atoms. The zero-order valence-electron chi connectivity index (χ0n) is 13.2. The smallest absolute Gasteiger partial charge is 0.271 e. The highest BCUT2D eigenvalue weighted by molar-refractivity contribution is 6.05. The van der Waals surface area contributed by atoms with E-state index < -0.39 is 51.1 Å². The minimum absolute atomic E-state index is 0.0841. The molecule has 0 aromatic heterocycles. The summed E-state index contributed by atoms with van der Waals surface area (Å²) in [5.41, 5.74) is -2.36. The number of nitrogens with zero attached hydrogens (tertiary/aromatic N) is 1. The summed E-state index contributed by atoms with van der Waals surface area (Å²) in [5, 5.41) is 12.7. The van der Waals surface area contributed by atoms with Crippen LogP contribution >= 0.6 is 0 Å². The van der Waals surface area contributed by atoms with Crippen molar-refractivity contribution in [2.75, 3.05) is 19.5 Å². The first-order chi connectivity index (χ1) is 12.2. The number of halogens is 4. The van der Waals surface area contributed by atoms with E-state index in [1.807, 2.05) is 5.32 Å². The SMILES string of the molecule is COc1ccc([N+](=O)[O-])cc1NC(=O)c1c(F)c(F)c(OC)c(F)c1F. The molecule has 0 saturated heterocycles. The van der Waals surface area contributed by atoms with Gasteiger partial charge in [-0.2, -0.15) is 8.78 Å². The maximum absolute atomic E-state index is 14.0. The van der Waals surface area contributed by atoms with Crippen LogP contribution in [0.3, 0.4) is 0 Å². The Morgan fingerprint density at radius 3 is 2.08 bits per heavy atom. The number of carbonyl (C=O) groups is 1. The normalized spacial score (nSPS) is 10.4. The van der Waals surface area contributed by atoms with Crippen LogP contribution in [0.5, 0.6) is 11.5 Å². The van der Waals surface area contributed by atoms with Crippen molar-refractivity contribution in [3.63, 3.8) is 0 Å². The second kappa shape index (κ2) is 7.25. The first-order valence-corrected chi connectivity index (χ1v) is 6.76. The third-order valence-electron chi connectivity index (χ3n) is 3.30. The van der Waals surface area contributed by atoms with Gasteiger partial charge in [0, 0.05) is 12.1 Å². The Labute approximate surface area is 143 Å². The lowest BCUT2D eigenvalue weighted by molar-refractivity contribution is -0.384. The topological polar surface area (TPSA) is 90.7 Å². The van der Waals surface area contributed by atoms with E-state index in [1.54, 1.807) is 0 Å². The Morgan fingerprint density at radius 1 is 1.04 bits per heavy atom. The molecule has 2 aromatic rings. The quantitative estimate of drug-likeness (QED) is 0.375. The lowest BCUT2D eigenvalue weighted by atomic mass is 10.1. The van der Waals surface area contributed by atoms with E-state index in [4.69, 9.17) is 4.74 Å². The van der Waals surface area contributed by atoms with E-state index >= 15 is 0 Å². The number of nitro benzene ring substituents is 1. The van der Waals surface area contributed by atoms with E-state index in [-0.39, 0.29) is 11.4 Å². The van der Waals surface area contributed by atoms with Gasteiger partial charge in [0.15, 0.2) is 17.4 Å². The number of amides is 1. The maximum atomic E-state index is 14.0. The molecule has 1 amide bonds. The zero-order valence-corrected chi connectivity index (χ0v) is 13.2. The Bertz CT molecular complexity index is 875. The van der Waals surface area contributed by atoms with Crippen LogP contribution in [-0.4, -0.2) is 25.1 Å². The fourth-order valence-electron chi connectivity index (χ4n) is 2.08. The molecule has 0 heterocycles. The first kappa shape index (κ1) is 19.0. The minimum atomic E-state index is -1.98. The predicted octanol–water partition coefficient (Wildman–Crippen LogP) is 3.42. The predicted molar refractivity (Wildman–Crippen MR) is 80.4 cm³/mol. The second-order valence-corrected chi connectivity index (χ2v) is 4.76. The number of hydrogen-bond acceptors (Lipinski definition) is 5. The number of hydrogen-bond donors (Lipinski definition) is 1. The molecule has 0 atom stereocenters. The highest BCUT2D eigenvalue weighted by Crippen LogP contribution is 2.32. The van der Waals surface area contributed by atoms with Crippen molar-refractivity contribution in [2.45, 2.75) is 0 Å². The molecule has 0 aliphatic carbocycles. The molecule has 0 aliphatic rings. The van der Waals surface area contributed by atoms with Crippen molar-refractivity contribution >= 4 is 17.3 Å². The number of rotatable bonds is 5. The van der Waals surface area contributed by atoms with Gasteiger partial charge in [0.2, 0.25) is 11.6 Å². The summed E-state index contributed by atoms with van der Waals surface area (Å²) in [5.74, 6) is -10.8. The average molecular weight is 374 g/mol. The molecule has 11 heteroatoms. The van der Waals surface area contributed by atoms with Crippen molar-refractivity contribution in [1.29, 1.82) is 0 Å². The molecule has 0 unspecified atom stereocenters. The van der Waals surface area contributed by atoms with Crippen LogP contribution in [0, 0.1) is 33.4 Å². The molecule has 2 rings (SSSR count). The van der Waals surface area contributed by atoms with Crippen LogP contribution in [0.2, 0.25) is 0 Å².